The van der Waals surface area contributed by atoms with Crippen molar-refractivity contribution in [3.8, 4) is 0 Å². The highest BCUT2D eigenvalue weighted by atomic mass is 32.1. The number of thiophene rings is 2. The summed E-state index contributed by atoms with van der Waals surface area (Å²) >= 11 is 3.19. The van der Waals surface area contributed by atoms with Crippen LogP contribution in [0.25, 0.3) is 0 Å². The molecule has 98 valence electrons. The molecule has 2 heterocycles. The van der Waals surface area contributed by atoms with Gasteiger partial charge in [0.05, 0.1) is 12.2 Å². The molecule has 0 amide bonds. The zero-order chi connectivity index (χ0) is 13.0. The van der Waals surface area contributed by atoms with Gasteiger partial charge in [0.15, 0.2) is 0 Å². The van der Waals surface area contributed by atoms with Gasteiger partial charge in [0.1, 0.15) is 0 Å². The largest absolute Gasteiger partial charge is 0.320 e. The summed E-state index contributed by atoms with van der Waals surface area (Å²) in [4.78, 5) is 0. The first kappa shape index (κ1) is 14.0. The highest BCUT2D eigenvalue weighted by Gasteiger charge is 2.14. The van der Waals surface area contributed by atoms with Gasteiger partial charge in [-0.05, 0) is 58.6 Å². The zero-order valence-corrected chi connectivity index (χ0v) is 12.8. The molecule has 0 bridgehead atoms. The Morgan fingerprint density at radius 1 is 1.00 bits per heavy atom. The molecule has 2 rings (SSSR count). The molecule has 0 spiro atoms. The molecule has 0 aliphatic carbocycles. The Morgan fingerprint density at radius 2 is 1.44 bits per heavy atom. The predicted molar refractivity (Wildman–Crippen MR) is 76.6 cm³/mol. The van der Waals surface area contributed by atoms with Gasteiger partial charge < -0.3 is 9.05 Å². The SMILES string of the molecule is CC(O[PH](=O)OC(C)c1ccsc1)c1ccsc1. The Labute approximate surface area is 115 Å². The second-order valence-corrected chi connectivity index (χ2v) is 6.41. The first-order chi connectivity index (χ1) is 8.66. The molecule has 6 heteroatoms. The standard InChI is InChI=1S/C12H15O3PS2/c1-9(11-3-5-17-7-11)14-16(13)15-10(2)12-4-6-18-8-12/h3-10,16H,1-2H3. The first-order valence-corrected chi connectivity index (χ1v) is 8.69. The van der Waals surface area contributed by atoms with Gasteiger partial charge in [-0.2, -0.15) is 22.7 Å². The zero-order valence-electron chi connectivity index (χ0n) is 10.2. The smallest absolute Gasteiger partial charge is 0.303 e. The van der Waals surface area contributed by atoms with E-state index in [1.807, 2.05) is 47.5 Å². The van der Waals surface area contributed by atoms with Crippen molar-refractivity contribution in [3.63, 3.8) is 0 Å². The summed E-state index contributed by atoms with van der Waals surface area (Å²) in [5, 5.41) is 7.92. The van der Waals surface area contributed by atoms with Crippen LogP contribution in [0.5, 0.6) is 0 Å². The van der Waals surface area contributed by atoms with Gasteiger partial charge in [-0.1, -0.05) is 0 Å². The minimum Gasteiger partial charge on any atom is -0.303 e. The summed E-state index contributed by atoms with van der Waals surface area (Å²) in [6.45, 7) is 3.76. The summed E-state index contributed by atoms with van der Waals surface area (Å²) in [6, 6.07) is 3.93. The van der Waals surface area contributed by atoms with Gasteiger partial charge in [-0.25, -0.2) is 0 Å². The van der Waals surface area contributed by atoms with Gasteiger partial charge in [0.25, 0.3) is 0 Å². The van der Waals surface area contributed by atoms with Gasteiger partial charge >= 0.3 is 8.25 Å². The van der Waals surface area contributed by atoms with Crippen LogP contribution in [-0.4, -0.2) is 0 Å². The molecular weight excluding hydrogens is 287 g/mol. The van der Waals surface area contributed by atoms with E-state index in [4.69, 9.17) is 9.05 Å². The molecule has 0 N–H and O–H groups in total. The fourth-order valence-corrected chi connectivity index (χ4v) is 3.85. The summed E-state index contributed by atoms with van der Waals surface area (Å²) in [7, 11) is -2.48. The van der Waals surface area contributed by atoms with Crippen molar-refractivity contribution in [3.05, 3.63) is 44.8 Å². The molecule has 2 aromatic rings. The van der Waals surface area contributed by atoms with Crippen molar-refractivity contribution in [1.82, 2.24) is 0 Å². The Hall–Kier alpha value is -0.450. The second kappa shape index (κ2) is 6.64. The lowest BCUT2D eigenvalue weighted by atomic mass is 10.2. The number of rotatable bonds is 6. The highest BCUT2D eigenvalue weighted by Crippen LogP contribution is 2.38. The Morgan fingerprint density at radius 3 is 1.78 bits per heavy atom. The van der Waals surface area contributed by atoms with Crippen molar-refractivity contribution >= 4 is 30.9 Å². The average molecular weight is 302 g/mol. The van der Waals surface area contributed by atoms with Crippen LogP contribution in [0.15, 0.2) is 33.7 Å². The maximum Gasteiger partial charge on any atom is 0.320 e. The quantitative estimate of drug-likeness (QED) is 0.700. The van der Waals surface area contributed by atoms with E-state index in [1.165, 1.54) is 0 Å². The fraction of sp³-hybridized carbons (Fsp3) is 0.333. The lowest BCUT2D eigenvalue weighted by Gasteiger charge is -2.15. The van der Waals surface area contributed by atoms with Crippen LogP contribution < -0.4 is 0 Å². The van der Waals surface area contributed by atoms with Crippen molar-refractivity contribution in [2.75, 3.05) is 0 Å². The van der Waals surface area contributed by atoms with E-state index in [1.54, 1.807) is 22.7 Å². The minimum atomic E-state index is -2.48. The lowest BCUT2D eigenvalue weighted by Crippen LogP contribution is -1.96. The molecule has 0 aliphatic heterocycles. The summed E-state index contributed by atoms with van der Waals surface area (Å²) in [5.74, 6) is 0. The molecule has 2 atom stereocenters. The normalized spacial score (nSPS) is 16.3. The molecule has 0 radical (unpaired) electrons. The van der Waals surface area contributed by atoms with E-state index < -0.39 is 8.25 Å². The van der Waals surface area contributed by atoms with E-state index in [0.29, 0.717) is 0 Å². The molecule has 0 aliphatic rings. The maximum atomic E-state index is 11.8. The van der Waals surface area contributed by atoms with E-state index >= 15 is 0 Å². The third-order valence-electron chi connectivity index (χ3n) is 2.57. The number of hydrogen-bond donors (Lipinski definition) is 0. The van der Waals surface area contributed by atoms with Crippen LogP contribution in [0.3, 0.4) is 0 Å². The molecular formula is C12H15O3PS2. The van der Waals surface area contributed by atoms with Gasteiger partial charge in [0.2, 0.25) is 0 Å². The molecule has 2 unspecified atom stereocenters. The third-order valence-corrected chi connectivity index (χ3v) is 5.07. The van der Waals surface area contributed by atoms with Crippen LogP contribution in [-0.2, 0) is 13.6 Å². The topological polar surface area (TPSA) is 35.5 Å². The average Bonchev–Trinajstić information content (AvgIpc) is 3.02. The van der Waals surface area contributed by atoms with E-state index in [9.17, 15) is 4.57 Å². The highest BCUT2D eigenvalue weighted by molar-refractivity contribution is 7.33. The molecule has 0 saturated carbocycles. The van der Waals surface area contributed by atoms with Crippen LogP contribution in [0.4, 0.5) is 0 Å². The van der Waals surface area contributed by atoms with E-state index in [2.05, 4.69) is 0 Å². The van der Waals surface area contributed by atoms with Crippen molar-refractivity contribution in [2.45, 2.75) is 26.1 Å². The fourth-order valence-electron chi connectivity index (χ4n) is 1.47. The molecule has 0 aromatic carbocycles. The van der Waals surface area contributed by atoms with Crippen LogP contribution in [0, 0.1) is 0 Å². The van der Waals surface area contributed by atoms with Gasteiger partial charge in [0, 0.05) is 0 Å². The first-order valence-electron chi connectivity index (χ1n) is 5.58. The van der Waals surface area contributed by atoms with Crippen LogP contribution >= 0.6 is 30.9 Å². The summed E-state index contributed by atoms with van der Waals surface area (Å²) in [5.41, 5.74) is 2.07. The maximum absolute atomic E-state index is 11.8. The Bertz CT molecular complexity index is 437. The molecule has 0 saturated heterocycles. The van der Waals surface area contributed by atoms with Crippen molar-refractivity contribution < 1.29 is 13.6 Å². The molecule has 18 heavy (non-hydrogen) atoms. The number of hydrogen-bond acceptors (Lipinski definition) is 5. The van der Waals surface area contributed by atoms with Gasteiger partial charge in [-0.3, -0.25) is 4.57 Å². The lowest BCUT2D eigenvalue weighted by molar-refractivity contribution is 0.146. The minimum absolute atomic E-state index is 0.197. The van der Waals surface area contributed by atoms with Gasteiger partial charge in [-0.15, -0.1) is 0 Å². The molecule has 0 fully saturated rings. The van der Waals surface area contributed by atoms with Crippen molar-refractivity contribution in [2.24, 2.45) is 0 Å². The monoisotopic (exact) mass is 302 g/mol. The molecule has 2 aromatic heterocycles. The van der Waals surface area contributed by atoms with Crippen molar-refractivity contribution in [1.29, 1.82) is 0 Å². The molecule has 3 nitrogen and oxygen atoms in total. The summed E-state index contributed by atoms with van der Waals surface area (Å²) in [6.07, 6.45) is -0.394. The predicted octanol–water partition coefficient (Wildman–Crippen LogP) is 5.05. The second-order valence-electron chi connectivity index (χ2n) is 3.88. The van der Waals surface area contributed by atoms with E-state index in [0.717, 1.165) is 11.1 Å². The van der Waals surface area contributed by atoms with Crippen LogP contribution in [0.1, 0.15) is 37.2 Å². The Balaban J connectivity index is 1.85. The van der Waals surface area contributed by atoms with Crippen LogP contribution in [0.2, 0.25) is 0 Å². The third kappa shape index (κ3) is 3.77. The van der Waals surface area contributed by atoms with E-state index in [-0.39, 0.29) is 12.2 Å². The summed E-state index contributed by atoms with van der Waals surface area (Å²) < 4.78 is 22.6. The Kier molecular flexibility index (Phi) is 5.15.